The first-order valence-electron chi connectivity index (χ1n) is 5.57. The highest BCUT2D eigenvalue weighted by Gasteiger charge is 2.18. The van der Waals surface area contributed by atoms with E-state index in [4.69, 9.17) is 4.98 Å². The second-order valence-electron chi connectivity index (χ2n) is 3.92. The molecule has 0 radical (unpaired) electrons. The van der Waals surface area contributed by atoms with Crippen LogP contribution in [0.4, 0.5) is 0 Å². The van der Waals surface area contributed by atoms with Crippen molar-refractivity contribution in [2.45, 2.75) is 25.2 Å². The molecule has 2 nitrogen and oxygen atoms in total. The lowest BCUT2D eigenvalue weighted by Crippen LogP contribution is -2.11. The molecule has 1 fully saturated rings. The smallest absolute Gasteiger partial charge is 0.0959 e. The summed E-state index contributed by atoms with van der Waals surface area (Å²) in [5.41, 5.74) is 1.27. The van der Waals surface area contributed by atoms with Crippen LogP contribution in [0.3, 0.4) is 0 Å². The predicted octanol–water partition coefficient (Wildman–Crippen LogP) is 2.52. The molecule has 0 amide bonds. The number of hydrogen-bond donors (Lipinski definition) is 1. The van der Waals surface area contributed by atoms with Crippen LogP contribution in [0, 0.1) is 0 Å². The van der Waals surface area contributed by atoms with E-state index in [9.17, 15) is 0 Å². The fourth-order valence-electron chi connectivity index (χ4n) is 1.82. The van der Waals surface area contributed by atoms with Gasteiger partial charge in [-0.3, -0.25) is 0 Å². The van der Waals surface area contributed by atoms with E-state index in [1.54, 1.807) is 0 Å². The molecule has 4 heteroatoms. The van der Waals surface area contributed by atoms with Crippen molar-refractivity contribution in [1.82, 2.24) is 10.3 Å². The first-order chi connectivity index (χ1) is 7.40. The van der Waals surface area contributed by atoms with E-state index in [1.165, 1.54) is 35.0 Å². The molecule has 1 N–H and O–H groups in total. The van der Waals surface area contributed by atoms with Gasteiger partial charge in [-0.1, -0.05) is 0 Å². The Morgan fingerprint density at radius 2 is 2.27 bits per heavy atom. The molecular formula is C11H18N2S2. The van der Waals surface area contributed by atoms with Crippen LogP contribution in [0.2, 0.25) is 0 Å². The molecule has 84 valence electrons. The molecule has 2 heterocycles. The molecule has 15 heavy (non-hydrogen) atoms. The number of nitrogens with zero attached hydrogens (tertiary/aromatic N) is 1. The minimum atomic E-state index is 0.750. The zero-order valence-electron chi connectivity index (χ0n) is 9.16. The summed E-state index contributed by atoms with van der Waals surface area (Å²) in [6, 6.07) is 0. The maximum atomic E-state index is 4.74. The molecule has 2 rings (SSSR count). The zero-order valence-corrected chi connectivity index (χ0v) is 10.8. The van der Waals surface area contributed by atoms with Gasteiger partial charge in [0, 0.05) is 24.3 Å². The van der Waals surface area contributed by atoms with Crippen LogP contribution in [0.25, 0.3) is 0 Å². The van der Waals surface area contributed by atoms with Gasteiger partial charge in [0.25, 0.3) is 0 Å². The van der Waals surface area contributed by atoms with Crippen LogP contribution in [0.1, 0.15) is 29.5 Å². The fraction of sp³-hybridized carbons (Fsp3) is 0.727. The van der Waals surface area contributed by atoms with E-state index in [0.717, 1.165) is 18.9 Å². The van der Waals surface area contributed by atoms with E-state index in [-0.39, 0.29) is 0 Å². The Hall–Kier alpha value is -0.0600. The van der Waals surface area contributed by atoms with Gasteiger partial charge < -0.3 is 5.32 Å². The molecule has 0 bridgehead atoms. The first-order valence-corrected chi connectivity index (χ1v) is 7.60. The third-order valence-electron chi connectivity index (χ3n) is 2.77. The predicted molar refractivity (Wildman–Crippen MR) is 69.0 cm³/mol. The van der Waals surface area contributed by atoms with Crippen molar-refractivity contribution in [3.05, 3.63) is 16.1 Å². The van der Waals surface area contributed by atoms with Crippen molar-refractivity contribution in [3.8, 4) is 0 Å². The molecule has 1 aliphatic rings. The normalized spacial score (nSPS) is 18.2. The highest BCUT2D eigenvalue weighted by molar-refractivity contribution is 7.99. The van der Waals surface area contributed by atoms with Crippen LogP contribution < -0.4 is 5.32 Å². The molecule has 1 aliphatic heterocycles. The minimum absolute atomic E-state index is 0.750. The van der Waals surface area contributed by atoms with Gasteiger partial charge in [0.15, 0.2) is 0 Å². The second-order valence-corrected chi connectivity index (χ2v) is 6.03. The van der Waals surface area contributed by atoms with E-state index in [1.807, 2.05) is 18.4 Å². The van der Waals surface area contributed by atoms with Crippen molar-refractivity contribution in [1.29, 1.82) is 0 Å². The average molecular weight is 242 g/mol. The van der Waals surface area contributed by atoms with Crippen LogP contribution in [-0.4, -0.2) is 30.1 Å². The number of thiazole rings is 1. The number of thioether (sulfide) groups is 1. The number of hydrogen-bond acceptors (Lipinski definition) is 4. The summed E-state index contributed by atoms with van der Waals surface area (Å²) in [6.07, 6.45) is 3.71. The lowest BCUT2D eigenvalue weighted by molar-refractivity contribution is 0.629. The monoisotopic (exact) mass is 242 g/mol. The van der Waals surface area contributed by atoms with E-state index >= 15 is 0 Å². The van der Waals surface area contributed by atoms with Crippen molar-refractivity contribution in [2.75, 3.05) is 25.1 Å². The van der Waals surface area contributed by atoms with Crippen LogP contribution >= 0.6 is 23.1 Å². The Balaban J connectivity index is 1.93. The van der Waals surface area contributed by atoms with Gasteiger partial charge in [-0.15, -0.1) is 11.3 Å². The zero-order chi connectivity index (χ0) is 10.5. The van der Waals surface area contributed by atoms with Crippen LogP contribution in [0.15, 0.2) is 5.38 Å². The third-order valence-corrected chi connectivity index (χ3v) is 4.88. The largest absolute Gasteiger partial charge is 0.319 e. The lowest BCUT2D eigenvalue weighted by atomic mass is 10.0. The summed E-state index contributed by atoms with van der Waals surface area (Å²) < 4.78 is 0. The van der Waals surface area contributed by atoms with Gasteiger partial charge in [-0.25, -0.2) is 4.98 Å². The summed E-state index contributed by atoms with van der Waals surface area (Å²) in [6.45, 7) is 1.03. The van der Waals surface area contributed by atoms with Gasteiger partial charge >= 0.3 is 0 Å². The summed E-state index contributed by atoms with van der Waals surface area (Å²) in [4.78, 5) is 4.74. The Bertz CT molecular complexity index is 293. The molecule has 0 saturated carbocycles. The second kappa shape index (κ2) is 5.87. The quantitative estimate of drug-likeness (QED) is 0.878. The topological polar surface area (TPSA) is 24.9 Å². The van der Waals surface area contributed by atoms with Crippen molar-refractivity contribution < 1.29 is 0 Å². The van der Waals surface area contributed by atoms with Crippen LogP contribution in [-0.2, 0) is 6.42 Å². The molecule has 1 saturated heterocycles. The molecule has 0 unspecified atom stereocenters. The maximum Gasteiger partial charge on any atom is 0.0959 e. The molecule has 1 aromatic rings. The highest BCUT2D eigenvalue weighted by atomic mass is 32.2. The first kappa shape index (κ1) is 11.4. The molecular weight excluding hydrogens is 224 g/mol. The summed E-state index contributed by atoms with van der Waals surface area (Å²) in [5, 5.41) is 6.77. The lowest BCUT2D eigenvalue weighted by Gasteiger charge is -2.18. The Labute approximate surface area is 99.9 Å². The molecule has 0 aliphatic carbocycles. The standard InChI is InChI=1S/C11H18N2S2/c1-12-5-2-10-8-15-11(13-10)9-3-6-14-7-4-9/h8-9,12H,2-7H2,1H3. The van der Waals surface area contributed by atoms with Gasteiger partial charge in [0.1, 0.15) is 0 Å². The van der Waals surface area contributed by atoms with Gasteiger partial charge in [0.05, 0.1) is 10.7 Å². The van der Waals surface area contributed by atoms with Crippen molar-refractivity contribution in [3.63, 3.8) is 0 Å². The number of nitrogens with one attached hydrogen (secondary N) is 1. The van der Waals surface area contributed by atoms with E-state index in [0.29, 0.717) is 0 Å². The number of aromatic nitrogens is 1. The molecule has 1 aromatic heterocycles. The average Bonchev–Trinajstić information content (AvgIpc) is 2.76. The Morgan fingerprint density at radius 3 is 3.00 bits per heavy atom. The molecule has 0 spiro atoms. The van der Waals surface area contributed by atoms with Gasteiger partial charge in [-0.05, 0) is 31.4 Å². The molecule has 0 atom stereocenters. The fourth-order valence-corrected chi connectivity index (χ4v) is 3.95. The van der Waals surface area contributed by atoms with Crippen LogP contribution in [0.5, 0.6) is 0 Å². The highest BCUT2D eigenvalue weighted by Crippen LogP contribution is 2.33. The Kier molecular flexibility index (Phi) is 4.47. The SMILES string of the molecule is CNCCc1csc(C2CCSCC2)n1. The minimum Gasteiger partial charge on any atom is -0.319 e. The van der Waals surface area contributed by atoms with Crippen molar-refractivity contribution in [2.24, 2.45) is 0 Å². The van der Waals surface area contributed by atoms with Crippen molar-refractivity contribution >= 4 is 23.1 Å². The van der Waals surface area contributed by atoms with Gasteiger partial charge in [0.2, 0.25) is 0 Å². The summed E-state index contributed by atoms with van der Waals surface area (Å²) in [5.74, 6) is 3.38. The van der Waals surface area contributed by atoms with E-state index in [2.05, 4.69) is 22.5 Å². The van der Waals surface area contributed by atoms with Gasteiger partial charge in [-0.2, -0.15) is 11.8 Å². The Morgan fingerprint density at radius 1 is 1.47 bits per heavy atom. The van der Waals surface area contributed by atoms with E-state index < -0.39 is 0 Å². The third kappa shape index (κ3) is 3.20. The molecule has 0 aromatic carbocycles. The summed E-state index contributed by atoms with van der Waals surface area (Å²) >= 11 is 3.94. The summed E-state index contributed by atoms with van der Waals surface area (Å²) in [7, 11) is 1.99. The maximum absolute atomic E-state index is 4.74. The number of likely N-dealkylation sites (N-methyl/N-ethyl adjacent to an activating group) is 1. The number of rotatable bonds is 4.